The molecule has 1 aromatic carbocycles. The Kier molecular flexibility index (Phi) is 6.68. The fourth-order valence-electron chi connectivity index (χ4n) is 3.50. The molecule has 158 valence electrons. The van der Waals surface area contributed by atoms with E-state index in [1.54, 1.807) is 18.5 Å². The Morgan fingerprint density at radius 3 is 3.00 bits per heavy atom. The maximum Gasteiger partial charge on any atom is 0.255 e. The second-order valence-electron chi connectivity index (χ2n) is 7.39. The van der Waals surface area contributed by atoms with Crippen LogP contribution in [0.4, 0.5) is 5.69 Å². The molecule has 0 saturated carbocycles. The minimum Gasteiger partial charge on any atom is -0.379 e. The summed E-state index contributed by atoms with van der Waals surface area (Å²) >= 11 is 0. The lowest BCUT2D eigenvalue weighted by atomic mass is 10.1. The Balaban J connectivity index is 1.38. The summed E-state index contributed by atoms with van der Waals surface area (Å²) in [6.07, 6.45) is 8.66. The summed E-state index contributed by atoms with van der Waals surface area (Å²) < 4.78 is 11.2. The molecule has 0 spiro atoms. The second-order valence-corrected chi connectivity index (χ2v) is 7.39. The van der Waals surface area contributed by atoms with Gasteiger partial charge in [-0.25, -0.2) is 0 Å². The topological polar surface area (TPSA) is 87.6 Å². The number of morpholine rings is 1. The average Bonchev–Trinajstić information content (AvgIpc) is 2.81. The highest BCUT2D eigenvalue weighted by Gasteiger charge is 2.22. The fraction of sp³-hybridized carbons (Fsp3) is 0.409. The first kappa shape index (κ1) is 20.5. The Labute approximate surface area is 176 Å². The quantitative estimate of drug-likeness (QED) is 0.746. The van der Waals surface area contributed by atoms with Crippen molar-refractivity contribution in [2.75, 3.05) is 38.2 Å². The first-order valence-electron chi connectivity index (χ1n) is 10.2. The smallest absolute Gasteiger partial charge is 0.255 e. The highest BCUT2D eigenvalue weighted by molar-refractivity contribution is 6.16. The summed E-state index contributed by atoms with van der Waals surface area (Å²) in [5.74, 6) is -0.132. The molecule has 3 aliphatic heterocycles. The van der Waals surface area contributed by atoms with Gasteiger partial charge in [-0.2, -0.15) is 0 Å². The van der Waals surface area contributed by atoms with Gasteiger partial charge in [-0.3, -0.25) is 19.7 Å². The molecule has 30 heavy (non-hydrogen) atoms. The molecule has 1 aromatic rings. The highest BCUT2D eigenvalue weighted by atomic mass is 16.5. The van der Waals surface area contributed by atoms with Crippen molar-refractivity contribution in [2.45, 2.75) is 25.9 Å². The summed E-state index contributed by atoms with van der Waals surface area (Å²) in [6, 6.07) is 5.85. The average molecular weight is 409 g/mol. The van der Waals surface area contributed by atoms with E-state index in [1.165, 1.54) is 0 Å². The Hall–Kier alpha value is -2.81. The predicted octanol–water partition coefficient (Wildman–Crippen LogP) is 1.63. The van der Waals surface area contributed by atoms with E-state index in [4.69, 9.17) is 9.47 Å². The Morgan fingerprint density at radius 1 is 1.33 bits per heavy atom. The lowest BCUT2D eigenvalue weighted by Gasteiger charge is -2.34. The van der Waals surface area contributed by atoms with Gasteiger partial charge >= 0.3 is 0 Å². The number of carbonyl (C=O) groups is 1. The number of aryl methyl sites for hydroxylation is 1. The second kappa shape index (κ2) is 9.80. The van der Waals surface area contributed by atoms with E-state index < -0.39 is 0 Å². The van der Waals surface area contributed by atoms with E-state index in [-0.39, 0.29) is 18.3 Å². The molecule has 0 radical (unpaired) electrons. The molecule has 0 aromatic heterocycles. The van der Waals surface area contributed by atoms with Crippen LogP contribution in [0.25, 0.3) is 0 Å². The molecule has 4 rings (SSSR count). The Bertz CT molecular complexity index is 887. The zero-order valence-electron chi connectivity index (χ0n) is 17.1. The van der Waals surface area contributed by atoms with Crippen LogP contribution >= 0.6 is 0 Å². The van der Waals surface area contributed by atoms with Crippen molar-refractivity contribution in [1.29, 1.82) is 0 Å². The van der Waals surface area contributed by atoms with E-state index in [0.717, 1.165) is 29.9 Å². The summed E-state index contributed by atoms with van der Waals surface area (Å²) in [5.41, 5.74) is 3.49. The highest BCUT2D eigenvalue weighted by Crippen LogP contribution is 2.19. The number of hydrogen-bond acceptors (Lipinski definition) is 7. The molecule has 1 amide bonds. The van der Waals surface area contributed by atoms with Crippen LogP contribution in [0, 0.1) is 6.92 Å². The number of rotatable bonds is 6. The van der Waals surface area contributed by atoms with Gasteiger partial charge in [0.15, 0.2) is 6.23 Å². The van der Waals surface area contributed by atoms with Crippen molar-refractivity contribution in [3.8, 4) is 0 Å². The number of amides is 1. The van der Waals surface area contributed by atoms with E-state index in [0.29, 0.717) is 31.9 Å². The minimum absolute atomic E-state index is 0.000311. The number of ether oxygens (including phenoxy) is 2. The van der Waals surface area contributed by atoms with Crippen LogP contribution < -0.4 is 10.6 Å². The third kappa shape index (κ3) is 5.21. The monoisotopic (exact) mass is 409 g/mol. The molecule has 2 unspecified atom stereocenters. The van der Waals surface area contributed by atoms with Gasteiger partial charge in [0.25, 0.3) is 5.91 Å². The lowest BCUT2D eigenvalue weighted by Crippen LogP contribution is -2.49. The van der Waals surface area contributed by atoms with Crippen LogP contribution in [0.2, 0.25) is 0 Å². The molecule has 1 saturated heterocycles. The number of benzene rings is 1. The fourth-order valence-corrected chi connectivity index (χ4v) is 3.50. The third-order valence-corrected chi connectivity index (χ3v) is 5.29. The van der Waals surface area contributed by atoms with E-state index >= 15 is 0 Å². The van der Waals surface area contributed by atoms with Crippen LogP contribution in [0.15, 0.2) is 52.1 Å². The number of anilines is 1. The molecule has 8 heteroatoms. The zero-order valence-corrected chi connectivity index (χ0v) is 17.1. The number of nitrogens with zero attached hydrogens (tertiary/aromatic N) is 3. The number of hydrogen-bond donors (Lipinski definition) is 2. The van der Waals surface area contributed by atoms with Crippen molar-refractivity contribution < 1.29 is 14.3 Å². The van der Waals surface area contributed by atoms with E-state index in [2.05, 4.69) is 25.5 Å². The summed E-state index contributed by atoms with van der Waals surface area (Å²) in [6.45, 7) is 6.08. The first-order valence-corrected chi connectivity index (χ1v) is 10.2. The van der Waals surface area contributed by atoms with Crippen molar-refractivity contribution in [3.05, 3.63) is 53.3 Å². The lowest BCUT2D eigenvalue weighted by molar-refractivity contribution is -0.112. The summed E-state index contributed by atoms with van der Waals surface area (Å²) in [4.78, 5) is 23.5. The summed E-state index contributed by atoms with van der Waals surface area (Å²) in [5, 5.41) is 6.30. The molecule has 2 atom stereocenters. The predicted molar refractivity (Wildman–Crippen MR) is 117 cm³/mol. The van der Waals surface area contributed by atoms with Gasteiger partial charge in [0.05, 0.1) is 32.5 Å². The molecule has 0 bridgehead atoms. The third-order valence-electron chi connectivity index (χ3n) is 5.29. The van der Waals surface area contributed by atoms with Crippen LogP contribution in [0.1, 0.15) is 11.1 Å². The molecule has 2 N–H and O–H groups in total. The standard InChI is InChI=1S/C22H27N5O3/c1-16-2-3-19(12-18(16)15-30-21-14-23-6-7-25-21)26-22(28)17-4-5-24-20(13-17)27-8-10-29-11-9-27/h2-7,12-13,20-21,24H,8-11,14-15H2,1H3,(H,26,28). The van der Waals surface area contributed by atoms with Gasteiger partial charge in [-0.15, -0.1) is 0 Å². The molecular formula is C22H27N5O3. The van der Waals surface area contributed by atoms with Gasteiger partial charge < -0.3 is 20.1 Å². The number of nitrogens with one attached hydrogen (secondary N) is 2. The number of dihydropyridines is 1. The van der Waals surface area contributed by atoms with Gasteiger partial charge in [0.1, 0.15) is 0 Å². The van der Waals surface area contributed by atoms with Crippen LogP contribution in [0.5, 0.6) is 0 Å². The normalized spacial score (nSPS) is 23.7. The van der Waals surface area contributed by atoms with Gasteiger partial charge in [0, 0.05) is 36.8 Å². The molecule has 8 nitrogen and oxygen atoms in total. The maximum atomic E-state index is 12.8. The number of carbonyl (C=O) groups excluding carboxylic acids is 1. The largest absolute Gasteiger partial charge is 0.379 e. The van der Waals surface area contributed by atoms with E-state index in [1.807, 2.05) is 37.4 Å². The van der Waals surface area contributed by atoms with Gasteiger partial charge in [0.2, 0.25) is 0 Å². The van der Waals surface area contributed by atoms with Crippen LogP contribution in [-0.2, 0) is 20.9 Å². The maximum absolute atomic E-state index is 12.8. The van der Waals surface area contributed by atoms with Gasteiger partial charge in [-0.05, 0) is 48.5 Å². The molecular weight excluding hydrogens is 382 g/mol. The van der Waals surface area contributed by atoms with Crippen LogP contribution in [-0.4, -0.2) is 68.5 Å². The van der Waals surface area contributed by atoms with E-state index in [9.17, 15) is 4.79 Å². The van der Waals surface area contributed by atoms with Gasteiger partial charge in [-0.1, -0.05) is 6.07 Å². The van der Waals surface area contributed by atoms with Crippen molar-refractivity contribution >= 4 is 24.0 Å². The number of aliphatic imine (C=N–C) groups is 2. The van der Waals surface area contributed by atoms with Crippen molar-refractivity contribution in [2.24, 2.45) is 9.98 Å². The molecule has 0 aliphatic carbocycles. The van der Waals surface area contributed by atoms with Crippen molar-refractivity contribution in [3.63, 3.8) is 0 Å². The van der Waals surface area contributed by atoms with Crippen molar-refractivity contribution in [1.82, 2.24) is 10.2 Å². The molecule has 3 heterocycles. The minimum atomic E-state index is -0.255. The zero-order chi connectivity index (χ0) is 20.8. The molecule has 3 aliphatic rings. The Morgan fingerprint density at radius 2 is 2.20 bits per heavy atom. The summed E-state index contributed by atoms with van der Waals surface area (Å²) in [7, 11) is 0. The first-order chi connectivity index (χ1) is 14.7. The van der Waals surface area contributed by atoms with Crippen LogP contribution in [0.3, 0.4) is 0 Å². The molecule has 1 fully saturated rings. The SMILES string of the molecule is Cc1ccc(NC(=O)C2=CC(N3CCOCC3)NC=C2)cc1COC1CN=CC=N1.